The molecule has 2 heterocycles. The molecule has 4 rings (SSSR count). The van der Waals surface area contributed by atoms with Crippen molar-refractivity contribution in [3.63, 3.8) is 0 Å². The van der Waals surface area contributed by atoms with E-state index in [1.165, 1.54) is 44.5 Å². The molecule has 2 aromatic rings. The second-order valence-electron chi connectivity index (χ2n) is 8.54. The summed E-state index contributed by atoms with van der Waals surface area (Å²) >= 11 is 0. The molecule has 3 nitrogen and oxygen atoms in total. The number of hydrogen-bond acceptors (Lipinski definition) is 2. The van der Waals surface area contributed by atoms with Crippen LogP contribution in [0.5, 0.6) is 0 Å². The molecule has 0 aromatic heterocycles. The van der Waals surface area contributed by atoms with Gasteiger partial charge in [-0.05, 0) is 74.7 Å². The van der Waals surface area contributed by atoms with Gasteiger partial charge in [0.05, 0.1) is 0 Å². The molecule has 2 saturated heterocycles. The summed E-state index contributed by atoms with van der Waals surface area (Å²) in [5.41, 5.74) is 2.30. The summed E-state index contributed by atoms with van der Waals surface area (Å²) in [6, 6.07) is 20.6. The number of amides is 1. The molecule has 0 aliphatic carbocycles. The molecular formula is C25H32N2O. The van der Waals surface area contributed by atoms with Crippen molar-refractivity contribution in [2.75, 3.05) is 32.7 Å². The smallest absolute Gasteiger partial charge is 0.253 e. The summed E-state index contributed by atoms with van der Waals surface area (Å²) in [6.07, 6.45) is 6.15. The molecule has 0 saturated carbocycles. The van der Waals surface area contributed by atoms with Gasteiger partial charge in [0.15, 0.2) is 0 Å². The first kappa shape index (κ1) is 19.2. The van der Waals surface area contributed by atoms with Crippen molar-refractivity contribution in [1.29, 1.82) is 0 Å². The third-order valence-corrected chi connectivity index (χ3v) is 6.51. The zero-order valence-electron chi connectivity index (χ0n) is 16.8. The second kappa shape index (κ2) is 9.38. The van der Waals surface area contributed by atoms with E-state index < -0.39 is 0 Å². The van der Waals surface area contributed by atoms with Crippen LogP contribution < -0.4 is 0 Å². The molecule has 2 aromatic carbocycles. The highest BCUT2D eigenvalue weighted by molar-refractivity contribution is 5.94. The molecule has 2 fully saturated rings. The largest absolute Gasteiger partial charge is 0.339 e. The molecule has 2 aliphatic rings. The molecule has 28 heavy (non-hydrogen) atoms. The lowest BCUT2D eigenvalue weighted by Gasteiger charge is -2.37. The minimum atomic E-state index is 0.195. The Kier molecular flexibility index (Phi) is 6.43. The molecule has 1 amide bonds. The topological polar surface area (TPSA) is 23.6 Å². The van der Waals surface area contributed by atoms with Crippen LogP contribution >= 0.6 is 0 Å². The monoisotopic (exact) mass is 376 g/mol. The van der Waals surface area contributed by atoms with Gasteiger partial charge < -0.3 is 9.80 Å². The van der Waals surface area contributed by atoms with Crippen molar-refractivity contribution in [1.82, 2.24) is 9.80 Å². The Morgan fingerprint density at radius 3 is 1.96 bits per heavy atom. The summed E-state index contributed by atoms with van der Waals surface area (Å²) in [7, 11) is 0. The van der Waals surface area contributed by atoms with Crippen molar-refractivity contribution in [3.05, 3.63) is 71.8 Å². The number of carbonyl (C=O) groups is 1. The Balaban J connectivity index is 1.18. The standard InChI is InChI=1S/C25H32N2O/c28-25(24-9-5-2-6-10-24)27-17-13-23(14-18-27)20-26-15-11-22(12-16-26)19-21-7-3-1-4-8-21/h1-10,22-23H,11-20H2. The van der Waals surface area contributed by atoms with Crippen LogP contribution in [0, 0.1) is 11.8 Å². The number of nitrogens with zero attached hydrogens (tertiary/aromatic N) is 2. The van der Waals surface area contributed by atoms with E-state index in [1.54, 1.807) is 0 Å². The van der Waals surface area contributed by atoms with E-state index in [1.807, 2.05) is 35.2 Å². The zero-order chi connectivity index (χ0) is 19.2. The van der Waals surface area contributed by atoms with Gasteiger partial charge in [-0.2, -0.15) is 0 Å². The Labute approximate surface area is 169 Å². The minimum Gasteiger partial charge on any atom is -0.339 e. The van der Waals surface area contributed by atoms with E-state index in [9.17, 15) is 4.79 Å². The van der Waals surface area contributed by atoms with E-state index >= 15 is 0 Å². The third kappa shape index (κ3) is 5.02. The van der Waals surface area contributed by atoms with Crippen LogP contribution in [0.1, 0.15) is 41.6 Å². The number of hydrogen-bond donors (Lipinski definition) is 0. The first-order valence-corrected chi connectivity index (χ1v) is 10.9. The van der Waals surface area contributed by atoms with Crippen molar-refractivity contribution < 1.29 is 4.79 Å². The Morgan fingerprint density at radius 2 is 1.32 bits per heavy atom. The summed E-state index contributed by atoms with van der Waals surface area (Å²) in [5.74, 6) is 1.77. The zero-order valence-corrected chi connectivity index (χ0v) is 16.8. The van der Waals surface area contributed by atoms with Crippen LogP contribution in [0.4, 0.5) is 0 Å². The van der Waals surface area contributed by atoms with E-state index in [-0.39, 0.29) is 5.91 Å². The molecule has 148 valence electrons. The molecule has 0 bridgehead atoms. The highest BCUT2D eigenvalue weighted by Gasteiger charge is 2.26. The predicted molar refractivity (Wildman–Crippen MR) is 114 cm³/mol. The van der Waals surface area contributed by atoms with Gasteiger partial charge in [-0.1, -0.05) is 48.5 Å². The fraction of sp³-hybridized carbons (Fsp3) is 0.480. The summed E-state index contributed by atoms with van der Waals surface area (Å²) in [6.45, 7) is 5.50. The Hall–Kier alpha value is -2.13. The molecular weight excluding hydrogens is 344 g/mol. The van der Waals surface area contributed by atoms with Gasteiger partial charge in [0, 0.05) is 25.2 Å². The van der Waals surface area contributed by atoms with Gasteiger partial charge in [-0.25, -0.2) is 0 Å². The van der Waals surface area contributed by atoms with E-state index in [0.29, 0.717) is 0 Å². The fourth-order valence-electron chi connectivity index (χ4n) is 4.77. The van der Waals surface area contributed by atoms with Gasteiger partial charge >= 0.3 is 0 Å². The molecule has 0 atom stereocenters. The number of rotatable bonds is 5. The molecule has 0 spiro atoms. The van der Waals surface area contributed by atoms with Gasteiger partial charge in [-0.3, -0.25) is 4.79 Å². The van der Waals surface area contributed by atoms with Gasteiger partial charge in [-0.15, -0.1) is 0 Å². The van der Waals surface area contributed by atoms with Crippen LogP contribution in [-0.2, 0) is 6.42 Å². The maximum absolute atomic E-state index is 12.6. The second-order valence-corrected chi connectivity index (χ2v) is 8.54. The van der Waals surface area contributed by atoms with Crippen molar-refractivity contribution >= 4 is 5.91 Å². The van der Waals surface area contributed by atoms with E-state index in [4.69, 9.17) is 0 Å². The summed E-state index contributed by atoms with van der Waals surface area (Å²) in [5, 5.41) is 0. The normalized spacial score (nSPS) is 19.6. The minimum absolute atomic E-state index is 0.195. The maximum Gasteiger partial charge on any atom is 0.253 e. The van der Waals surface area contributed by atoms with Crippen molar-refractivity contribution in [3.8, 4) is 0 Å². The van der Waals surface area contributed by atoms with Crippen LogP contribution in [0.3, 0.4) is 0 Å². The molecule has 0 radical (unpaired) electrons. The van der Waals surface area contributed by atoms with Crippen LogP contribution in [0.2, 0.25) is 0 Å². The average Bonchev–Trinajstić information content (AvgIpc) is 2.76. The van der Waals surface area contributed by atoms with Crippen molar-refractivity contribution in [2.45, 2.75) is 32.1 Å². The van der Waals surface area contributed by atoms with Crippen LogP contribution in [0.25, 0.3) is 0 Å². The number of benzene rings is 2. The number of piperidine rings is 2. The first-order chi connectivity index (χ1) is 13.8. The van der Waals surface area contributed by atoms with E-state index in [0.717, 1.165) is 43.3 Å². The highest BCUT2D eigenvalue weighted by Crippen LogP contribution is 2.25. The number of carbonyl (C=O) groups excluding carboxylic acids is 1. The molecule has 0 unspecified atom stereocenters. The highest BCUT2D eigenvalue weighted by atomic mass is 16.2. The lowest BCUT2D eigenvalue weighted by atomic mass is 9.89. The van der Waals surface area contributed by atoms with Gasteiger partial charge in [0.1, 0.15) is 0 Å². The maximum atomic E-state index is 12.6. The third-order valence-electron chi connectivity index (χ3n) is 6.51. The Morgan fingerprint density at radius 1 is 0.750 bits per heavy atom. The first-order valence-electron chi connectivity index (χ1n) is 10.9. The van der Waals surface area contributed by atoms with Crippen LogP contribution in [-0.4, -0.2) is 48.4 Å². The SMILES string of the molecule is O=C(c1ccccc1)N1CCC(CN2CCC(Cc3ccccc3)CC2)CC1. The predicted octanol–water partition coefficient (Wildman–Crippen LogP) is 4.49. The van der Waals surface area contributed by atoms with Gasteiger partial charge in [0.25, 0.3) is 5.91 Å². The molecule has 0 N–H and O–H groups in total. The van der Waals surface area contributed by atoms with E-state index in [2.05, 4.69) is 35.2 Å². The molecule has 3 heteroatoms. The summed E-state index contributed by atoms with van der Waals surface area (Å²) in [4.78, 5) is 17.3. The summed E-state index contributed by atoms with van der Waals surface area (Å²) < 4.78 is 0. The number of likely N-dealkylation sites (tertiary alicyclic amines) is 2. The quantitative estimate of drug-likeness (QED) is 0.767. The van der Waals surface area contributed by atoms with Crippen molar-refractivity contribution in [2.24, 2.45) is 11.8 Å². The van der Waals surface area contributed by atoms with Gasteiger partial charge in [0.2, 0.25) is 0 Å². The molecule has 2 aliphatic heterocycles. The fourth-order valence-corrected chi connectivity index (χ4v) is 4.77. The lowest BCUT2D eigenvalue weighted by molar-refractivity contribution is 0.0652. The van der Waals surface area contributed by atoms with Crippen LogP contribution in [0.15, 0.2) is 60.7 Å². The lowest BCUT2D eigenvalue weighted by Crippen LogP contribution is -2.43. The average molecular weight is 377 g/mol. The Bertz CT molecular complexity index is 730.